The number of carbonyl (C=O) groups is 1. The number of hydrogen-bond donors (Lipinski definition) is 2. The maximum atomic E-state index is 11.9. The first kappa shape index (κ1) is 13.9. The second-order valence-corrected chi connectivity index (χ2v) is 5.20. The number of piperidine rings is 1. The van der Waals surface area contributed by atoms with Crippen LogP contribution in [0.3, 0.4) is 0 Å². The standard InChI is InChI=1S/C15H22N2O2/c1-12(17-9-3-2-4-10-17)11-16-15(19)13-5-7-14(18)8-6-13/h5-8,12,18H,2-4,9-11H2,1H3,(H,16,19). The van der Waals surface area contributed by atoms with E-state index in [9.17, 15) is 9.90 Å². The van der Waals surface area contributed by atoms with Crippen LogP contribution < -0.4 is 5.32 Å². The Balaban J connectivity index is 1.81. The van der Waals surface area contributed by atoms with E-state index in [0.717, 1.165) is 13.1 Å². The fourth-order valence-corrected chi connectivity index (χ4v) is 2.44. The molecule has 4 heteroatoms. The highest BCUT2D eigenvalue weighted by atomic mass is 16.3. The second-order valence-electron chi connectivity index (χ2n) is 5.20. The highest BCUT2D eigenvalue weighted by Gasteiger charge is 2.17. The highest BCUT2D eigenvalue weighted by Crippen LogP contribution is 2.12. The summed E-state index contributed by atoms with van der Waals surface area (Å²) in [6.45, 7) is 5.09. The summed E-state index contributed by atoms with van der Waals surface area (Å²) in [5, 5.41) is 12.1. The Morgan fingerprint density at radius 2 is 1.89 bits per heavy atom. The molecular weight excluding hydrogens is 240 g/mol. The number of rotatable bonds is 4. The average Bonchev–Trinajstić information content (AvgIpc) is 2.46. The van der Waals surface area contributed by atoms with Gasteiger partial charge in [-0.25, -0.2) is 0 Å². The molecule has 104 valence electrons. The summed E-state index contributed by atoms with van der Waals surface area (Å²) in [4.78, 5) is 14.4. The van der Waals surface area contributed by atoms with E-state index in [4.69, 9.17) is 0 Å². The van der Waals surface area contributed by atoms with Crippen molar-refractivity contribution in [3.63, 3.8) is 0 Å². The Bertz CT molecular complexity index is 411. The number of benzene rings is 1. The number of nitrogens with one attached hydrogen (secondary N) is 1. The largest absolute Gasteiger partial charge is 0.508 e. The molecule has 2 rings (SSSR count). The van der Waals surface area contributed by atoms with Crippen LogP contribution in [0.2, 0.25) is 0 Å². The van der Waals surface area contributed by atoms with Crippen molar-refractivity contribution in [1.82, 2.24) is 10.2 Å². The van der Waals surface area contributed by atoms with Crippen LogP contribution in [0.1, 0.15) is 36.5 Å². The van der Waals surface area contributed by atoms with Crippen LogP contribution in [0.5, 0.6) is 5.75 Å². The molecule has 1 aliphatic rings. The Labute approximate surface area is 114 Å². The first-order valence-corrected chi connectivity index (χ1v) is 6.98. The molecule has 19 heavy (non-hydrogen) atoms. The van der Waals surface area contributed by atoms with Gasteiger partial charge in [0.15, 0.2) is 0 Å². The van der Waals surface area contributed by atoms with Crippen LogP contribution in [0.25, 0.3) is 0 Å². The maximum Gasteiger partial charge on any atom is 0.251 e. The molecule has 1 fully saturated rings. The van der Waals surface area contributed by atoms with E-state index in [0.29, 0.717) is 18.2 Å². The van der Waals surface area contributed by atoms with Gasteiger partial charge >= 0.3 is 0 Å². The smallest absolute Gasteiger partial charge is 0.251 e. The van der Waals surface area contributed by atoms with E-state index in [1.54, 1.807) is 12.1 Å². The van der Waals surface area contributed by atoms with Gasteiger partial charge in [-0.2, -0.15) is 0 Å². The molecule has 0 saturated carbocycles. The number of nitrogens with zero attached hydrogens (tertiary/aromatic N) is 1. The predicted molar refractivity (Wildman–Crippen MR) is 75.3 cm³/mol. The topological polar surface area (TPSA) is 52.6 Å². The van der Waals surface area contributed by atoms with Crippen molar-refractivity contribution in [2.45, 2.75) is 32.2 Å². The van der Waals surface area contributed by atoms with Gasteiger partial charge in [0.2, 0.25) is 0 Å². The summed E-state index contributed by atoms with van der Waals surface area (Å²) >= 11 is 0. The number of carbonyl (C=O) groups excluding carboxylic acids is 1. The molecule has 2 N–H and O–H groups in total. The Kier molecular flexibility index (Phi) is 4.80. The maximum absolute atomic E-state index is 11.9. The van der Waals surface area contributed by atoms with Gasteiger partial charge in [-0.1, -0.05) is 6.42 Å². The van der Waals surface area contributed by atoms with Crippen molar-refractivity contribution in [2.75, 3.05) is 19.6 Å². The van der Waals surface area contributed by atoms with Crippen LogP contribution in [0.15, 0.2) is 24.3 Å². The summed E-state index contributed by atoms with van der Waals surface area (Å²) in [7, 11) is 0. The summed E-state index contributed by atoms with van der Waals surface area (Å²) in [5.41, 5.74) is 0.587. The third-order valence-corrected chi connectivity index (χ3v) is 3.70. The van der Waals surface area contributed by atoms with Crippen molar-refractivity contribution in [3.8, 4) is 5.75 Å². The van der Waals surface area contributed by atoms with Gasteiger partial charge in [0.25, 0.3) is 5.91 Å². The number of phenolic OH excluding ortho intramolecular Hbond substituents is 1. The minimum Gasteiger partial charge on any atom is -0.508 e. The molecule has 0 spiro atoms. The first-order chi connectivity index (χ1) is 9.16. The van der Waals surface area contributed by atoms with Gasteiger partial charge in [0, 0.05) is 18.2 Å². The first-order valence-electron chi connectivity index (χ1n) is 6.98. The molecule has 1 unspecified atom stereocenters. The number of aromatic hydroxyl groups is 1. The molecule has 0 aliphatic carbocycles. The van der Waals surface area contributed by atoms with Crippen molar-refractivity contribution >= 4 is 5.91 Å². The third kappa shape index (κ3) is 3.96. The summed E-state index contributed by atoms with van der Waals surface area (Å²) < 4.78 is 0. The lowest BCUT2D eigenvalue weighted by molar-refractivity contribution is 0.0930. The molecular formula is C15H22N2O2. The van der Waals surface area contributed by atoms with Crippen LogP contribution in [0, 0.1) is 0 Å². The van der Waals surface area contributed by atoms with Gasteiger partial charge in [-0.15, -0.1) is 0 Å². The van der Waals surface area contributed by atoms with E-state index in [1.165, 1.54) is 31.4 Å². The number of likely N-dealkylation sites (tertiary alicyclic amines) is 1. The number of phenols is 1. The van der Waals surface area contributed by atoms with Crippen LogP contribution in [-0.2, 0) is 0 Å². The Morgan fingerprint density at radius 3 is 2.53 bits per heavy atom. The normalized spacial score (nSPS) is 17.9. The minimum atomic E-state index is -0.0798. The van der Waals surface area contributed by atoms with E-state index < -0.39 is 0 Å². The molecule has 0 radical (unpaired) electrons. The van der Waals surface area contributed by atoms with Crippen LogP contribution in [-0.4, -0.2) is 41.6 Å². The fraction of sp³-hybridized carbons (Fsp3) is 0.533. The summed E-state index contributed by atoms with van der Waals surface area (Å²) in [6, 6.07) is 6.71. The molecule has 1 aliphatic heterocycles. The fourth-order valence-electron chi connectivity index (χ4n) is 2.44. The van der Waals surface area contributed by atoms with E-state index in [2.05, 4.69) is 17.1 Å². The van der Waals surface area contributed by atoms with Gasteiger partial charge in [-0.05, 0) is 57.1 Å². The molecule has 1 heterocycles. The molecule has 1 saturated heterocycles. The van der Waals surface area contributed by atoms with Crippen LogP contribution in [0.4, 0.5) is 0 Å². The monoisotopic (exact) mass is 262 g/mol. The van der Waals surface area contributed by atoms with Gasteiger partial charge in [0.05, 0.1) is 0 Å². The van der Waals surface area contributed by atoms with Gasteiger partial charge < -0.3 is 10.4 Å². The van der Waals surface area contributed by atoms with Crippen molar-refractivity contribution in [2.24, 2.45) is 0 Å². The SMILES string of the molecule is CC(CNC(=O)c1ccc(O)cc1)N1CCCCC1. The number of hydrogen-bond acceptors (Lipinski definition) is 3. The third-order valence-electron chi connectivity index (χ3n) is 3.70. The average molecular weight is 262 g/mol. The molecule has 1 atom stereocenters. The zero-order chi connectivity index (χ0) is 13.7. The zero-order valence-corrected chi connectivity index (χ0v) is 11.4. The highest BCUT2D eigenvalue weighted by molar-refractivity contribution is 5.94. The Hall–Kier alpha value is -1.55. The van der Waals surface area contributed by atoms with Gasteiger partial charge in [-0.3, -0.25) is 9.69 Å². The van der Waals surface area contributed by atoms with Crippen LogP contribution >= 0.6 is 0 Å². The summed E-state index contributed by atoms with van der Waals surface area (Å²) in [6.07, 6.45) is 3.84. The molecule has 0 bridgehead atoms. The lowest BCUT2D eigenvalue weighted by atomic mass is 10.1. The second kappa shape index (κ2) is 6.57. The van der Waals surface area contributed by atoms with E-state index >= 15 is 0 Å². The lowest BCUT2D eigenvalue weighted by Gasteiger charge is -2.32. The molecule has 1 aromatic rings. The minimum absolute atomic E-state index is 0.0798. The number of amides is 1. The van der Waals surface area contributed by atoms with Gasteiger partial charge in [0.1, 0.15) is 5.75 Å². The molecule has 4 nitrogen and oxygen atoms in total. The zero-order valence-electron chi connectivity index (χ0n) is 11.4. The lowest BCUT2D eigenvalue weighted by Crippen LogP contribution is -2.44. The molecule has 0 aromatic heterocycles. The molecule has 1 amide bonds. The summed E-state index contributed by atoms with van der Waals surface area (Å²) in [5.74, 6) is 0.0992. The van der Waals surface area contributed by atoms with Crippen molar-refractivity contribution in [3.05, 3.63) is 29.8 Å². The quantitative estimate of drug-likeness (QED) is 0.872. The molecule has 1 aromatic carbocycles. The van der Waals surface area contributed by atoms with Crippen molar-refractivity contribution in [1.29, 1.82) is 0 Å². The van der Waals surface area contributed by atoms with E-state index in [-0.39, 0.29) is 11.7 Å². The Morgan fingerprint density at radius 1 is 1.26 bits per heavy atom. The van der Waals surface area contributed by atoms with Crippen molar-refractivity contribution < 1.29 is 9.90 Å². The predicted octanol–water partition coefficient (Wildman–Crippen LogP) is 2.00. The van der Waals surface area contributed by atoms with E-state index in [1.807, 2.05) is 0 Å².